The molecule has 0 rings (SSSR count). The van der Waals surface area contributed by atoms with Gasteiger partial charge in [-0.25, -0.2) is 0 Å². The molecule has 0 radical (unpaired) electrons. The van der Waals surface area contributed by atoms with Gasteiger partial charge in [0.05, 0.1) is 0 Å². The van der Waals surface area contributed by atoms with Crippen LogP contribution in [0.4, 0.5) is 0 Å². The van der Waals surface area contributed by atoms with E-state index >= 15 is 0 Å². The third-order valence-electron chi connectivity index (χ3n) is 2.76. The van der Waals surface area contributed by atoms with Gasteiger partial charge in [0.2, 0.25) is 0 Å². The van der Waals surface area contributed by atoms with Crippen molar-refractivity contribution in [3.05, 3.63) is 0 Å². The van der Waals surface area contributed by atoms with Crippen LogP contribution in [0.1, 0.15) is 78.6 Å². The van der Waals surface area contributed by atoms with Gasteiger partial charge < -0.3 is 0 Å². The van der Waals surface area contributed by atoms with E-state index < -0.39 is 0 Å². The highest BCUT2D eigenvalue weighted by Gasteiger charge is 1.91. The third-order valence-corrected chi connectivity index (χ3v) is 2.76. The monoisotopic (exact) mass is 211 g/mol. The summed E-state index contributed by atoms with van der Waals surface area (Å²) in [6.45, 7) is 7.70. The number of nitrogens with zero attached hydrogens (tertiary/aromatic N) is 1. The van der Waals surface area contributed by atoms with Crippen LogP contribution in [0.3, 0.4) is 0 Å². The SMILES string of the molecule is CCCCCCCCCN=C(C)CCC. The lowest BCUT2D eigenvalue weighted by Gasteiger charge is -2.00. The second-order valence-corrected chi connectivity index (χ2v) is 4.49. The van der Waals surface area contributed by atoms with Gasteiger partial charge in [0.15, 0.2) is 0 Å². The minimum absolute atomic E-state index is 1.06. The standard InChI is InChI=1S/C14H29N/c1-4-6-7-8-9-10-11-13-15-14(3)12-5-2/h4-13H2,1-3H3. The van der Waals surface area contributed by atoms with E-state index in [-0.39, 0.29) is 0 Å². The molecule has 0 heterocycles. The molecule has 0 aromatic carbocycles. The molecule has 90 valence electrons. The molecule has 0 bridgehead atoms. The predicted molar refractivity (Wildman–Crippen MR) is 70.9 cm³/mol. The Morgan fingerprint density at radius 1 is 0.800 bits per heavy atom. The molecule has 0 aromatic heterocycles. The Balaban J connectivity index is 3.13. The van der Waals surface area contributed by atoms with Crippen LogP contribution in [0.2, 0.25) is 0 Å². The molecule has 0 atom stereocenters. The summed E-state index contributed by atoms with van der Waals surface area (Å²) >= 11 is 0. The Hall–Kier alpha value is -0.330. The Morgan fingerprint density at radius 2 is 1.40 bits per heavy atom. The second-order valence-electron chi connectivity index (χ2n) is 4.49. The van der Waals surface area contributed by atoms with Crippen LogP contribution in [0, 0.1) is 0 Å². The van der Waals surface area contributed by atoms with Crippen molar-refractivity contribution < 1.29 is 0 Å². The minimum atomic E-state index is 1.06. The molecule has 0 saturated heterocycles. The van der Waals surface area contributed by atoms with Crippen molar-refractivity contribution in [2.45, 2.75) is 78.6 Å². The molecule has 0 spiro atoms. The van der Waals surface area contributed by atoms with Crippen molar-refractivity contribution in [1.82, 2.24) is 0 Å². The van der Waals surface area contributed by atoms with E-state index in [2.05, 4.69) is 25.8 Å². The predicted octanol–water partition coefficient (Wildman–Crippen LogP) is 5.00. The zero-order valence-electron chi connectivity index (χ0n) is 11.0. The molecule has 0 N–H and O–H groups in total. The molecule has 15 heavy (non-hydrogen) atoms. The number of rotatable bonds is 10. The zero-order valence-corrected chi connectivity index (χ0v) is 11.0. The first kappa shape index (κ1) is 14.7. The average Bonchev–Trinajstić information content (AvgIpc) is 2.22. The summed E-state index contributed by atoms with van der Waals surface area (Å²) in [5, 5.41) is 0. The van der Waals surface area contributed by atoms with Gasteiger partial charge in [0, 0.05) is 12.3 Å². The maximum Gasteiger partial charge on any atom is 0.0388 e. The largest absolute Gasteiger partial charge is 0.294 e. The minimum Gasteiger partial charge on any atom is -0.294 e. The molecule has 0 unspecified atom stereocenters. The van der Waals surface area contributed by atoms with Crippen molar-refractivity contribution in [2.24, 2.45) is 4.99 Å². The van der Waals surface area contributed by atoms with E-state index in [4.69, 9.17) is 0 Å². The lowest BCUT2D eigenvalue weighted by molar-refractivity contribution is 0.593. The summed E-state index contributed by atoms with van der Waals surface area (Å²) in [5.41, 5.74) is 1.34. The van der Waals surface area contributed by atoms with E-state index in [0.29, 0.717) is 0 Å². The van der Waals surface area contributed by atoms with E-state index in [1.54, 1.807) is 0 Å². The molecule has 0 fully saturated rings. The maximum absolute atomic E-state index is 4.56. The van der Waals surface area contributed by atoms with Gasteiger partial charge in [-0.15, -0.1) is 0 Å². The first-order valence-corrected chi connectivity index (χ1v) is 6.81. The Labute approximate surface area is 96.4 Å². The lowest BCUT2D eigenvalue weighted by atomic mass is 10.1. The van der Waals surface area contributed by atoms with Crippen LogP contribution in [-0.4, -0.2) is 12.3 Å². The van der Waals surface area contributed by atoms with Crippen LogP contribution < -0.4 is 0 Å². The fraction of sp³-hybridized carbons (Fsp3) is 0.929. The first-order chi connectivity index (χ1) is 7.31. The topological polar surface area (TPSA) is 12.4 Å². The first-order valence-electron chi connectivity index (χ1n) is 6.81. The van der Waals surface area contributed by atoms with Gasteiger partial charge in [0.25, 0.3) is 0 Å². The molecule has 0 aliphatic carbocycles. The maximum atomic E-state index is 4.56. The smallest absolute Gasteiger partial charge is 0.0388 e. The quantitative estimate of drug-likeness (QED) is 0.356. The Morgan fingerprint density at radius 3 is 2.00 bits per heavy atom. The molecule has 0 aliphatic rings. The summed E-state index contributed by atoms with van der Waals surface area (Å²) in [6, 6.07) is 0. The summed E-state index contributed by atoms with van der Waals surface area (Å²) < 4.78 is 0. The van der Waals surface area contributed by atoms with E-state index in [9.17, 15) is 0 Å². The highest BCUT2D eigenvalue weighted by atomic mass is 14.7. The van der Waals surface area contributed by atoms with Crippen LogP contribution in [0.5, 0.6) is 0 Å². The molecule has 0 amide bonds. The third kappa shape index (κ3) is 11.6. The average molecular weight is 211 g/mol. The van der Waals surface area contributed by atoms with Crippen molar-refractivity contribution in [3.8, 4) is 0 Å². The van der Waals surface area contributed by atoms with Gasteiger partial charge in [-0.2, -0.15) is 0 Å². The molecular formula is C14H29N. The second kappa shape index (κ2) is 11.7. The van der Waals surface area contributed by atoms with Crippen LogP contribution in [0.15, 0.2) is 4.99 Å². The van der Waals surface area contributed by atoms with Gasteiger partial charge in [-0.05, 0) is 19.8 Å². The van der Waals surface area contributed by atoms with E-state index in [0.717, 1.165) is 6.54 Å². The lowest BCUT2D eigenvalue weighted by Crippen LogP contribution is -1.92. The van der Waals surface area contributed by atoms with Gasteiger partial charge >= 0.3 is 0 Å². The van der Waals surface area contributed by atoms with Crippen molar-refractivity contribution in [2.75, 3.05) is 6.54 Å². The number of aliphatic imine (C=N–C) groups is 1. The van der Waals surface area contributed by atoms with Crippen molar-refractivity contribution in [1.29, 1.82) is 0 Å². The van der Waals surface area contributed by atoms with Crippen molar-refractivity contribution in [3.63, 3.8) is 0 Å². The van der Waals surface area contributed by atoms with E-state index in [1.165, 1.54) is 63.5 Å². The highest BCUT2D eigenvalue weighted by Crippen LogP contribution is 2.06. The van der Waals surface area contributed by atoms with Gasteiger partial charge in [-0.1, -0.05) is 58.8 Å². The molecule has 0 saturated carbocycles. The molecular weight excluding hydrogens is 182 g/mol. The number of unbranched alkanes of at least 4 members (excludes halogenated alkanes) is 6. The zero-order chi connectivity index (χ0) is 11.4. The molecule has 1 nitrogen and oxygen atoms in total. The number of hydrogen-bond donors (Lipinski definition) is 0. The fourth-order valence-corrected chi connectivity index (χ4v) is 1.78. The molecule has 0 aliphatic heterocycles. The van der Waals surface area contributed by atoms with E-state index in [1.807, 2.05) is 0 Å². The highest BCUT2D eigenvalue weighted by molar-refractivity contribution is 5.81. The molecule has 0 aromatic rings. The Kier molecular flexibility index (Phi) is 11.5. The van der Waals surface area contributed by atoms with Crippen LogP contribution in [-0.2, 0) is 0 Å². The summed E-state index contributed by atoms with van der Waals surface area (Å²) in [4.78, 5) is 4.56. The van der Waals surface area contributed by atoms with Crippen LogP contribution in [0.25, 0.3) is 0 Å². The van der Waals surface area contributed by atoms with Crippen molar-refractivity contribution >= 4 is 5.71 Å². The van der Waals surface area contributed by atoms with Crippen LogP contribution >= 0.6 is 0 Å². The summed E-state index contributed by atoms with van der Waals surface area (Å²) in [5.74, 6) is 0. The van der Waals surface area contributed by atoms with Gasteiger partial charge in [-0.3, -0.25) is 4.99 Å². The fourth-order valence-electron chi connectivity index (χ4n) is 1.78. The Bertz CT molecular complexity index is 149. The van der Waals surface area contributed by atoms with Gasteiger partial charge in [0.1, 0.15) is 0 Å². The summed E-state index contributed by atoms with van der Waals surface area (Å²) in [7, 11) is 0. The summed E-state index contributed by atoms with van der Waals surface area (Å²) in [6.07, 6.45) is 12.1. The molecule has 1 heteroatoms. The number of hydrogen-bond acceptors (Lipinski definition) is 1. The normalized spacial score (nSPS) is 12.1.